The normalized spacial score (nSPS) is 16.1. The molecule has 0 bridgehead atoms. The van der Waals surface area contributed by atoms with Gasteiger partial charge in [-0.3, -0.25) is 4.79 Å². The van der Waals surface area contributed by atoms with Crippen LogP contribution in [0.5, 0.6) is 0 Å². The van der Waals surface area contributed by atoms with Gasteiger partial charge >= 0.3 is 5.97 Å². The zero-order chi connectivity index (χ0) is 14.5. The molecule has 1 aromatic rings. The van der Waals surface area contributed by atoms with Crippen molar-refractivity contribution in [1.29, 1.82) is 0 Å². The maximum atomic E-state index is 12.0. The summed E-state index contributed by atoms with van der Waals surface area (Å²) >= 11 is 0. The lowest BCUT2D eigenvalue weighted by Gasteiger charge is -2.21. The molecule has 0 spiro atoms. The molecule has 1 fully saturated rings. The number of carboxylic acid groups (broad SMARTS) is 1. The monoisotopic (exact) mass is 279 g/mol. The Bertz CT molecular complexity index is 486. The Morgan fingerprint density at radius 3 is 2.60 bits per heavy atom. The van der Waals surface area contributed by atoms with Crippen LogP contribution in [-0.4, -0.2) is 23.5 Å². The first-order valence-corrected chi connectivity index (χ1v) is 7.26. The molecule has 1 saturated carbocycles. The second-order valence-corrected chi connectivity index (χ2v) is 5.32. The van der Waals surface area contributed by atoms with E-state index in [1.807, 2.05) is 0 Å². The van der Waals surface area contributed by atoms with Crippen LogP contribution in [0, 0.1) is 5.92 Å². The summed E-state index contributed by atoms with van der Waals surface area (Å²) in [7, 11) is 0. The van der Waals surface area contributed by atoms with Gasteiger partial charge in [0, 0.05) is 19.0 Å². The summed E-state index contributed by atoms with van der Waals surface area (Å²) in [5.41, 5.74) is 0.0790. The minimum Gasteiger partial charge on any atom is -0.478 e. The molecule has 0 aliphatic heterocycles. The van der Waals surface area contributed by atoms with E-state index in [1.54, 1.807) is 6.92 Å². The van der Waals surface area contributed by atoms with Crippen molar-refractivity contribution in [2.45, 2.75) is 45.4 Å². The van der Waals surface area contributed by atoms with E-state index in [2.05, 4.69) is 5.32 Å². The third-order valence-electron chi connectivity index (χ3n) is 3.86. The molecule has 1 aliphatic rings. The van der Waals surface area contributed by atoms with Crippen molar-refractivity contribution in [2.24, 2.45) is 5.92 Å². The van der Waals surface area contributed by atoms with Crippen molar-refractivity contribution < 1.29 is 19.1 Å². The fourth-order valence-corrected chi connectivity index (χ4v) is 2.70. The Balaban J connectivity index is 1.96. The number of rotatable bonds is 5. The van der Waals surface area contributed by atoms with Crippen LogP contribution in [0.25, 0.3) is 0 Å². The average molecular weight is 279 g/mol. The Hall–Kier alpha value is -1.78. The molecule has 0 atom stereocenters. The van der Waals surface area contributed by atoms with E-state index in [-0.39, 0.29) is 17.2 Å². The first-order chi connectivity index (χ1) is 9.61. The van der Waals surface area contributed by atoms with Crippen LogP contribution in [0.3, 0.4) is 0 Å². The molecule has 0 radical (unpaired) electrons. The molecule has 2 rings (SSSR count). The van der Waals surface area contributed by atoms with Crippen molar-refractivity contribution in [3.63, 3.8) is 0 Å². The van der Waals surface area contributed by atoms with Crippen molar-refractivity contribution in [2.75, 3.05) is 6.54 Å². The molecule has 0 aromatic carbocycles. The van der Waals surface area contributed by atoms with Gasteiger partial charge in [-0.15, -0.1) is 0 Å². The van der Waals surface area contributed by atoms with Gasteiger partial charge in [0.25, 0.3) is 5.91 Å². The summed E-state index contributed by atoms with van der Waals surface area (Å²) < 4.78 is 5.33. The fraction of sp³-hybridized carbons (Fsp3) is 0.600. The summed E-state index contributed by atoms with van der Waals surface area (Å²) in [5.74, 6) is -0.405. The number of aryl methyl sites for hydroxylation is 1. The maximum Gasteiger partial charge on any atom is 0.339 e. The molecule has 1 aliphatic carbocycles. The number of nitrogens with one attached hydrogen (secondary N) is 1. The molecule has 20 heavy (non-hydrogen) atoms. The number of hydrogen-bond donors (Lipinski definition) is 2. The lowest BCUT2D eigenvalue weighted by molar-refractivity contribution is 0.0694. The van der Waals surface area contributed by atoms with E-state index in [0.29, 0.717) is 24.6 Å². The molecule has 1 amide bonds. The molecule has 1 heterocycles. The van der Waals surface area contributed by atoms with Gasteiger partial charge in [0.1, 0.15) is 11.3 Å². The smallest absolute Gasteiger partial charge is 0.339 e. The van der Waals surface area contributed by atoms with Crippen LogP contribution in [0.2, 0.25) is 0 Å². The summed E-state index contributed by atoms with van der Waals surface area (Å²) in [6.07, 6.45) is 6.49. The summed E-state index contributed by atoms with van der Waals surface area (Å²) in [5, 5.41) is 11.9. The number of hydrogen-bond acceptors (Lipinski definition) is 3. The van der Waals surface area contributed by atoms with Crippen LogP contribution in [-0.2, 0) is 6.42 Å². The fourth-order valence-electron chi connectivity index (χ4n) is 2.70. The molecular formula is C15H21NO4. The van der Waals surface area contributed by atoms with E-state index in [9.17, 15) is 9.59 Å². The minimum absolute atomic E-state index is 0.0790. The molecule has 5 heteroatoms. The Morgan fingerprint density at radius 1 is 1.35 bits per heavy atom. The number of furan rings is 1. The van der Waals surface area contributed by atoms with Crippen LogP contribution in [0.1, 0.15) is 65.7 Å². The zero-order valence-corrected chi connectivity index (χ0v) is 11.8. The van der Waals surface area contributed by atoms with Crippen LogP contribution in [0.4, 0.5) is 0 Å². The highest BCUT2D eigenvalue weighted by Crippen LogP contribution is 2.23. The summed E-state index contributed by atoms with van der Waals surface area (Å²) in [6.45, 7) is 2.44. The molecule has 5 nitrogen and oxygen atoms in total. The van der Waals surface area contributed by atoms with Crippen molar-refractivity contribution in [1.82, 2.24) is 5.32 Å². The second-order valence-electron chi connectivity index (χ2n) is 5.32. The standard InChI is InChI=1S/C15H21NO4/c1-2-12-11(15(18)19)8-13(20-12)14(17)16-9-10-6-4-3-5-7-10/h8,10H,2-7,9H2,1H3,(H,16,17)(H,18,19). The Labute approximate surface area is 118 Å². The van der Waals surface area contributed by atoms with E-state index in [4.69, 9.17) is 9.52 Å². The number of carboxylic acids is 1. The van der Waals surface area contributed by atoms with Gasteiger partial charge in [0.05, 0.1) is 0 Å². The van der Waals surface area contributed by atoms with E-state index in [0.717, 1.165) is 12.8 Å². The largest absolute Gasteiger partial charge is 0.478 e. The predicted octanol–water partition coefficient (Wildman–Crippen LogP) is 2.85. The van der Waals surface area contributed by atoms with Crippen molar-refractivity contribution in [3.8, 4) is 0 Å². The number of carbonyl (C=O) groups is 2. The van der Waals surface area contributed by atoms with Crippen LogP contribution < -0.4 is 5.32 Å². The molecule has 110 valence electrons. The SMILES string of the molecule is CCc1oc(C(=O)NCC2CCCCC2)cc1C(=O)O. The van der Waals surface area contributed by atoms with Gasteiger partial charge in [0.2, 0.25) is 0 Å². The predicted molar refractivity (Wildman–Crippen MR) is 74.0 cm³/mol. The highest BCUT2D eigenvalue weighted by Gasteiger charge is 2.21. The molecule has 0 unspecified atom stereocenters. The first kappa shape index (κ1) is 14.6. The van der Waals surface area contributed by atoms with Gasteiger partial charge in [-0.2, -0.15) is 0 Å². The van der Waals surface area contributed by atoms with Gasteiger partial charge < -0.3 is 14.8 Å². The zero-order valence-electron chi connectivity index (χ0n) is 11.8. The van der Waals surface area contributed by atoms with E-state index in [1.165, 1.54) is 25.3 Å². The Morgan fingerprint density at radius 2 is 2.05 bits per heavy atom. The molecular weight excluding hydrogens is 258 g/mol. The molecule has 2 N–H and O–H groups in total. The number of aromatic carboxylic acids is 1. The number of amides is 1. The quantitative estimate of drug-likeness (QED) is 0.868. The van der Waals surface area contributed by atoms with Crippen LogP contribution in [0.15, 0.2) is 10.5 Å². The van der Waals surface area contributed by atoms with Crippen LogP contribution >= 0.6 is 0 Å². The molecule has 1 aromatic heterocycles. The topological polar surface area (TPSA) is 79.5 Å². The average Bonchev–Trinajstić information content (AvgIpc) is 2.90. The number of carbonyl (C=O) groups excluding carboxylic acids is 1. The first-order valence-electron chi connectivity index (χ1n) is 7.26. The highest BCUT2D eigenvalue weighted by molar-refractivity contribution is 5.96. The Kier molecular flexibility index (Phi) is 4.82. The third-order valence-corrected chi connectivity index (χ3v) is 3.86. The van der Waals surface area contributed by atoms with Gasteiger partial charge in [0.15, 0.2) is 5.76 Å². The molecule has 0 saturated heterocycles. The van der Waals surface area contributed by atoms with Gasteiger partial charge in [-0.1, -0.05) is 26.2 Å². The van der Waals surface area contributed by atoms with E-state index >= 15 is 0 Å². The third kappa shape index (κ3) is 3.40. The van der Waals surface area contributed by atoms with Gasteiger partial charge in [-0.25, -0.2) is 4.79 Å². The second kappa shape index (κ2) is 6.59. The summed E-state index contributed by atoms with van der Waals surface area (Å²) in [6, 6.07) is 1.32. The van der Waals surface area contributed by atoms with E-state index < -0.39 is 5.97 Å². The lowest BCUT2D eigenvalue weighted by Crippen LogP contribution is -2.30. The maximum absolute atomic E-state index is 12.0. The van der Waals surface area contributed by atoms with Crippen molar-refractivity contribution >= 4 is 11.9 Å². The summed E-state index contributed by atoms with van der Waals surface area (Å²) in [4.78, 5) is 23.0. The van der Waals surface area contributed by atoms with Gasteiger partial charge in [-0.05, 0) is 18.8 Å². The lowest BCUT2D eigenvalue weighted by atomic mass is 9.89. The highest BCUT2D eigenvalue weighted by atomic mass is 16.4. The van der Waals surface area contributed by atoms with Crippen molar-refractivity contribution in [3.05, 3.63) is 23.2 Å². The minimum atomic E-state index is -1.06.